The smallest absolute Gasteiger partial charge is 0.339 e. The Kier molecular flexibility index (Phi) is 7.27. The summed E-state index contributed by atoms with van der Waals surface area (Å²) >= 11 is 0. The maximum absolute atomic E-state index is 12.5. The maximum atomic E-state index is 12.5. The number of urea groups is 1. The zero-order valence-electron chi connectivity index (χ0n) is 15.5. The van der Waals surface area contributed by atoms with E-state index in [1.807, 2.05) is 0 Å². The minimum Gasteiger partial charge on any atom is -0.444 e. The lowest BCUT2D eigenvalue weighted by atomic mass is 10.1. The van der Waals surface area contributed by atoms with Gasteiger partial charge in [0, 0.05) is 24.7 Å². The molecule has 146 valence electrons. The number of esters is 1. The van der Waals surface area contributed by atoms with Crippen LogP contribution in [-0.4, -0.2) is 30.4 Å². The van der Waals surface area contributed by atoms with Gasteiger partial charge < -0.3 is 15.4 Å². The molecule has 0 fully saturated rings. The van der Waals surface area contributed by atoms with Crippen molar-refractivity contribution in [1.29, 1.82) is 0 Å². The summed E-state index contributed by atoms with van der Waals surface area (Å²) in [5, 5.41) is 7.19. The fraction of sp³-hybridized carbons (Fsp3) is 0.200. The lowest BCUT2D eigenvalue weighted by Gasteiger charge is -2.18. The molecule has 8 nitrogen and oxygen atoms in total. The first-order chi connectivity index (χ1) is 13.4. The monoisotopic (exact) mass is 383 g/mol. The first-order valence-electron chi connectivity index (χ1n) is 8.63. The van der Waals surface area contributed by atoms with Crippen LogP contribution < -0.4 is 16.0 Å². The number of ether oxygens (including phenoxy) is 1. The van der Waals surface area contributed by atoms with Gasteiger partial charge in [0.15, 0.2) is 0 Å². The van der Waals surface area contributed by atoms with E-state index in [0.29, 0.717) is 17.8 Å². The van der Waals surface area contributed by atoms with Crippen LogP contribution in [0.15, 0.2) is 54.6 Å². The van der Waals surface area contributed by atoms with Crippen molar-refractivity contribution in [2.24, 2.45) is 0 Å². The Morgan fingerprint density at radius 2 is 1.61 bits per heavy atom. The lowest BCUT2D eigenvalue weighted by Crippen LogP contribution is -2.42. The maximum Gasteiger partial charge on any atom is 0.339 e. The summed E-state index contributed by atoms with van der Waals surface area (Å²) in [4.78, 5) is 47.7. The van der Waals surface area contributed by atoms with E-state index < -0.39 is 24.0 Å². The normalized spacial score (nSPS) is 11.1. The highest BCUT2D eigenvalue weighted by Gasteiger charge is 2.27. The molecule has 8 heteroatoms. The zero-order valence-corrected chi connectivity index (χ0v) is 15.5. The Balaban J connectivity index is 2.17. The van der Waals surface area contributed by atoms with Crippen molar-refractivity contribution >= 4 is 29.5 Å². The summed E-state index contributed by atoms with van der Waals surface area (Å²) in [7, 11) is 0. The molecule has 2 rings (SSSR count). The van der Waals surface area contributed by atoms with Gasteiger partial charge in [-0.1, -0.05) is 30.3 Å². The van der Waals surface area contributed by atoms with Gasteiger partial charge in [0.05, 0.1) is 5.56 Å². The van der Waals surface area contributed by atoms with Crippen LogP contribution in [0.1, 0.15) is 35.9 Å². The first-order valence-corrected chi connectivity index (χ1v) is 8.63. The number of hydrogen-bond acceptors (Lipinski definition) is 5. The molecule has 0 spiro atoms. The summed E-state index contributed by atoms with van der Waals surface area (Å²) in [5.41, 5.74) is 1.14. The SMILES string of the molecule is CCNC(=O)NC(=O)[C@@H](OC(=O)c1ccc(NC(C)=O)cc1)c1ccccc1. The van der Waals surface area contributed by atoms with Gasteiger partial charge in [-0.15, -0.1) is 0 Å². The van der Waals surface area contributed by atoms with Crippen molar-refractivity contribution in [2.45, 2.75) is 20.0 Å². The second-order valence-electron chi connectivity index (χ2n) is 5.80. The summed E-state index contributed by atoms with van der Waals surface area (Å²) < 4.78 is 5.37. The van der Waals surface area contributed by atoms with Gasteiger partial charge in [0.25, 0.3) is 5.91 Å². The number of benzene rings is 2. The zero-order chi connectivity index (χ0) is 20.5. The summed E-state index contributed by atoms with van der Waals surface area (Å²) in [6.07, 6.45) is -1.30. The predicted octanol–water partition coefficient (Wildman–Crippen LogP) is 2.39. The van der Waals surface area contributed by atoms with E-state index in [-0.39, 0.29) is 11.5 Å². The topological polar surface area (TPSA) is 114 Å². The van der Waals surface area contributed by atoms with Gasteiger partial charge >= 0.3 is 12.0 Å². The molecule has 0 heterocycles. The molecule has 4 amide bonds. The molecule has 0 aliphatic heterocycles. The van der Waals surface area contributed by atoms with Crippen molar-refractivity contribution in [3.8, 4) is 0 Å². The van der Waals surface area contributed by atoms with E-state index in [9.17, 15) is 19.2 Å². The molecule has 28 heavy (non-hydrogen) atoms. The summed E-state index contributed by atoms with van der Waals surface area (Å²) in [6.45, 7) is 3.43. The van der Waals surface area contributed by atoms with Crippen LogP contribution in [0.5, 0.6) is 0 Å². The molecule has 0 radical (unpaired) electrons. The molecule has 0 saturated carbocycles. The third-order valence-electron chi connectivity index (χ3n) is 3.58. The van der Waals surface area contributed by atoms with Crippen molar-refractivity contribution in [1.82, 2.24) is 10.6 Å². The molecule has 2 aromatic carbocycles. The second kappa shape index (κ2) is 9.86. The molecular weight excluding hydrogens is 362 g/mol. The standard InChI is InChI=1S/C20H21N3O5/c1-3-21-20(27)23-18(25)17(14-7-5-4-6-8-14)28-19(26)15-9-11-16(12-10-15)22-13(2)24/h4-12,17H,3H2,1-2H3,(H,22,24)(H2,21,23,25,27)/t17-/m0/s1. The van der Waals surface area contributed by atoms with Crippen LogP contribution in [0.4, 0.5) is 10.5 Å². The van der Waals surface area contributed by atoms with Crippen LogP contribution in [0.3, 0.4) is 0 Å². The molecule has 3 N–H and O–H groups in total. The van der Waals surface area contributed by atoms with Gasteiger partial charge in [0.2, 0.25) is 12.0 Å². The highest BCUT2D eigenvalue weighted by molar-refractivity contribution is 5.99. The van der Waals surface area contributed by atoms with Crippen LogP contribution in [0.25, 0.3) is 0 Å². The number of amides is 4. The largest absolute Gasteiger partial charge is 0.444 e. The average molecular weight is 383 g/mol. The van der Waals surface area contributed by atoms with Gasteiger partial charge in [-0.25, -0.2) is 9.59 Å². The average Bonchev–Trinajstić information content (AvgIpc) is 2.66. The van der Waals surface area contributed by atoms with Crippen molar-refractivity contribution in [3.63, 3.8) is 0 Å². The molecule has 0 bridgehead atoms. The van der Waals surface area contributed by atoms with E-state index in [0.717, 1.165) is 0 Å². The van der Waals surface area contributed by atoms with Gasteiger partial charge in [-0.2, -0.15) is 0 Å². The van der Waals surface area contributed by atoms with E-state index >= 15 is 0 Å². The van der Waals surface area contributed by atoms with Gasteiger partial charge in [-0.05, 0) is 31.2 Å². The van der Waals surface area contributed by atoms with Crippen LogP contribution in [-0.2, 0) is 14.3 Å². The van der Waals surface area contributed by atoms with Gasteiger partial charge in [-0.3, -0.25) is 14.9 Å². The molecule has 0 aromatic heterocycles. The Morgan fingerprint density at radius 3 is 2.18 bits per heavy atom. The number of anilines is 1. The Bertz CT molecular complexity index is 850. The first kappa shape index (κ1) is 20.6. The summed E-state index contributed by atoms with van der Waals surface area (Å²) in [5.74, 6) is -1.74. The predicted molar refractivity (Wildman–Crippen MR) is 103 cm³/mol. The minimum absolute atomic E-state index is 0.195. The molecular formula is C20H21N3O5. The Hall–Kier alpha value is -3.68. The molecule has 0 aliphatic rings. The van der Waals surface area contributed by atoms with E-state index in [1.165, 1.54) is 19.1 Å². The fourth-order valence-electron chi connectivity index (χ4n) is 2.35. The Morgan fingerprint density at radius 1 is 0.964 bits per heavy atom. The van der Waals surface area contributed by atoms with Crippen LogP contribution >= 0.6 is 0 Å². The van der Waals surface area contributed by atoms with Crippen LogP contribution in [0.2, 0.25) is 0 Å². The number of hydrogen-bond donors (Lipinski definition) is 3. The number of nitrogens with one attached hydrogen (secondary N) is 3. The number of imide groups is 1. The van der Waals surface area contributed by atoms with E-state index in [1.54, 1.807) is 49.4 Å². The number of rotatable bonds is 6. The van der Waals surface area contributed by atoms with Crippen molar-refractivity contribution in [2.75, 3.05) is 11.9 Å². The molecule has 0 unspecified atom stereocenters. The minimum atomic E-state index is -1.30. The fourth-order valence-corrected chi connectivity index (χ4v) is 2.35. The quantitative estimate of drug-likeness (QED) is 0.663. The van der Waals surface area contributed by atoms with E-state index in [2.05, 4.69) is 16.0 Å². The second-order valence-corrected chi connectivity index (χ2v) is 5.80. The molecule has 2 aromatic rings. The number of carbonyl (C=O) groups is 4. The van der Waals surface area contributed by atoms with E-state index in [4.69, 9.17) is 4.74 Å². The van der Waals surface area contributed by atoms with Crippen molar-refractivity contribution in [3.05, 3.63) is 65.7 Å². The number of carbonyl (C=O) groups excluding carboxylic acids is 4. The van der Waals surface area contributed by atoms with Crippen molar-refractivity contribution < 1.29 is 23.9 Å². The van der Waals surface area contributed by atoms with Crippen LogP contribution in [0, 0.1) is 0 Å². The third kappa shape index (κ3) is 5.94. The third-order valence-corrected chi connectivity index (χ3v) is 3.58. The molecule has 0 aliphatic carbocycles. The lowest BCUT2D eigenvalue weighted by molar-refractivity contribution is -0.129. The highest BCUT2D eigenvalue weighted by Crippen LogP contribution is 2.20. The Labute approximate surface area is 162 Å². The molecule has 1 atom stereocenters. The summed E-state index contributed by atoms with van der Waals surface area (Å²) in [6, 6.07) is 13.7. The molecule has 0 saturated heterocycles. The highest BCUT2D eigenvalue weighted by atomic mass is 16.5. The van der Waals surface area contributed by atoms with Gasteiger partial charge in [0.1, 0.15) is 0 Å².